The Kier molecular flexibility index (Phi) is 39.0. The Morgan fingerprint density at radius 3 is 1.44 bits per heavy atom. The van der Waals surface area contributed by atoms with E-state index in [1.54, 1.807) is 0 Å². The molecule has 0 aromatic rings. The van der Waals surface area contributed by atoms with E-state index in [4.69, 9.17) is 18.9 Å². The fraction of sp³-hybridized carbons (Fsp3) is 0.935. The van der Waals surface area contributed by atoms with Crippen molar-refractivity contribution in [3.05, 3.63) is 0 Å². The molecule has 0 N–H and O–H groups in total. The first-order valence-corrected chi connectivity index (χ1v) is 23.4. The smallest absolute Gasteiger partial charge is 0.465 e. The molecule has 0 aromatic heterocycles. The topological polar surface area (TPSA) is 94.6 Å². The van der Waals surface area contributed by atoms with E-state index in [2.05, 4.69) is 51.3 Å². The van der Waals surface area contributed by atoms with Gasteiger partial charge in [-0.15, -0.1) is 0 Å². The summed E-state index contributed by atoms with van der Waals surface area (Å²) in [6.07, 6.45) is 26.9. The lowest BCUT2D eigenvalue weighted by Crippen LogP contribution is -2.39. The van der Waals surface area contributed by atoms with Crippen LogP contribution in [0.4, 0.5) is 4.79 Å². The van der Waals surface area contributed by atoms with Crippen molar-refractivity contribution in [3.63, 3.8) is 0 Å². The van der Waals surface area contributed by atoms with Crippen LogP contribution in [0.3, 0.4) is 0 Å². The van der Waals surface area contributed by atoms with Gasteiger partial charge in [0.25, 0.3) is 0 Å². The number of rotatable bonds is 41. The zero-order valence-corrected chi connectivity index (χ0v) is 37.2. The van der Waals surface area contributed by atoms with Gasteiger partial charge in [0.05, 0.1) is 6.61 Å². The fourth-order valence-corrected chi connectivity index (χ4v) is 7.00. The molecule has 0 aromatic carbocycles. The van der Waals surface area contributed by atoms with Crippen molar-refractivity contribution in [1.82, 2.24) is 9.80 Å². The van der Waals surface area contributed by atoms with Gasteiger partial charge in [0, 0.05) is 39.0 Å². The number of ether oxygens (including phenoxy) is 4. The molecule has 0 radical (unpaired) electrons. The summed E-state index contributed by atoms with van der Waals surface area (Å²) in [5.74, 6) is 0.349. The normalized spacial score (nSPS) is 12.6. The van der Waals surface area contributed by atoms with Gasteiger partial charge in [0.15, 0.2) is 0 Å². The SMILES string of the molecule is CCCCCCC(=O)OCCN(CCOC(=O)OC(CCCCCC)CCCCCCCCC(=O)OCC(CCCC)CCCCCC)CCN(CC)CC. The fourth-order valence-electron chi connectivity index (χ4n) is 7.00. The third-order valence-electron chi connectivity index (χ3n) is 10.9. The highest BCUT2D eigenvalue weighted by molar-refractivity contribution is 5.69. The lowest BCUT2D eigenvalue weighted by atomic mass is 9.96. The number of carbonyl (C=O) groups is 3. The van der Waals surface area contributed by atoms with E-state index in [1.807, 2.05) is 0 Å². The Bertz CT molecular complexity index is 869. The molecule has 55 heavy (non-hydrogen) atoms. The molecule has 2 unspecified atom stereocenters. The second kappa shape index (κ2) is 40.3. The minimum Gasteiger partial charge on any atom is -0.465 e. The van der Waals surface area contributed by atoms with Gasteiger partial charge in [-0.1, -0.05) is 144 Å². The third-order valence-corrected chi connectivity index (χ3v) is 10.9. The van der Waals surface area contributed by atoms with Gasteiger partial charge in [0.2, 0.25) is 0 Å². The number of unbranched alkanes of at least 4 members (excludes halogenated alkanes) is 15. The average Bonchev–Trinajstić information content (AvgIpc) is 3.18. The molecule has 2 atom stereocenters. The van der Waals surface area contributed by atoms with E-state index in [9.17, 15) is 14.4 Å². The minimum absolute atomic E-state index is 0.0358. The molecular formula is C46H90N2O7. The van der Waals surface area contributed by atoms with Crippen LogP contribution in [0.15, 0.2) is 0 Å². The van der Waals surface area contributed by atoms with Crippen LogP contribution in [0.25, 0.3) is 0 Å². The van der Waals surface area contributed by atoms with Crippen LogP contribution < -0.4 is 0 Å². The van der Waals surface area contributed by atoms with Crippen molar-refractivity contribution in [1.29, 1.82) is 0 Å². The maximum Gasteiger partial charge on any atom is 0.508 e. The number of carbonyl (C=O) groups excluding carboxylic acids is 3. The molecule has 0 bridgehead atoms. The van der Waals surface area contributed by atoms with E-state index in [0.717, 1.165) is 116 Å². The molecule has 0 fully saturated rings. The minimum atomic E-state index is -0.581. The van der Waals surface area contributed by atoms with E-state index in [1.165, 1.54) is 64.2 Å². The number of likely N-dealkylation sites (N-methyl/N-ethyl adjacent to an activating group) is 1. The molecule has 0 saturated carbocycles. The van der Waals surface area contributed by atoms with E-state index in [-0.39, 0.29) is 24.6 Å². The summed E-state index contributed by atoms with van der Waals surface area (Å²) in [5.41, 5.74) is 0. The average molecular weight is 783 g/mol. The summed E-state index contributed by atoms with van der Waals surface area (Å²) in [6.45, 7) is 19.2. The standard InChI is InChI=1S/C46H90N2O7/c1-7-13-17-24-30-42(29-16-10-4)41-54-45(50)34-28-23-21-20-22-26-32-43(31-25-18-14-8-2)55-46(51)53-40-38-48(36-35-47(11-5)12-6)37-39-52-44(49)33-27-19-15-9-3/h42-43H,7-41H2,1-6H3. The molecule has 0 heterocycles. The number of nitrogens with zero attached hydrogens (tertiary/aromatic N) is 2. The first-order chi connectivity index (χ1) is 26.8. The predicted molar refractivity (Wildman–Crippen MR) is 229 cm³/mol. The Morgan fingerprint density at radius 2 is 0.873 bits per heavy atom. The zero-order valence-electron chi connectivity index (χ0n) is 37.2. The molecule has 0 aliphatic carbocycles. The van der Waals surface area contributed by atoms with E-state index < -0.39 is 6.16 Å². The van der Waals surface area contributed by atoms with Crippen LogP contribution >= 0.6 is 0 Å². The van der Waals surface area contributed by atoms with Crippen molar-refractivity contribution < 1.29 is 33.3 Å². The molecule has 9 heteroatoms. The van der Waals surface area contributed by atoms with Gasteiger partial charge < -0.3 is 23.8 Å². The van der Waals surface area contributed by atoms with E-state index in [0.29, 0.717) is 45.1 Å². The highest BCUT2D eigenvalue weighted by atomic mass is 16.7. The van der Waals surface area contributed by atoms with Crippen molar-refractivity contribution >= 4 is 18.1 Å². The van der Waals surface area contributed by atoms with Crippen LogP contribution in [0, 0.1) is 5.92 Å². The van der Waals surface area contributed by atoms with Gasteiger partial charge in [-0.2, -0.15) is 0 Å². The maximum absolute atomic E-state index is 12.8. The molecule has 9 nitrogen and oxygen atoms in total. The lowest BCUT2D eigenvalue weighted by molar-refractivity contribution is -0.145. The monoisotopic (exact) mass is 783 g/mol. The van der Waals surface area contributed by atoms with Crippen molar-refractivity contribution in [2.24, 2.45) is 5.92 Å². The van der Waals surface area contributed by atoms with Gasteiger partial charge in [-0.05, 0) is 70.4 Å². The van der Waals surface area contributed by atoms with Crippen molar-refractivity contribution in [2.75, 3.05) is 59.1 Å². The van der Waals surface area contributed by atoms with Gasteiger partial charge >= 0.3 is 18.1 Å². The summed E-state index contributed by atoms with van der Waals surface area (Å²) in [7, 11) is 0. The molecular weight excluding hydrogens is 693 g/mol. The van der Waals surface area contributed by atoms with E-state index >= 15 is 0 Å². The van der Waals surface area contributed by atoms with Gasteiger partial charge in [0.1, 0.15) is 19.3 Å². The van der Waals surface area contributed by atoms with Crippen LogP contribution in [0.2, 0.25) is 0 Å². The highest BCUT2D eigenvalue weighted by Gasteiger charge is 2.17. The number of hydrogen-bond acceptors (Lipinski definition) is 9. The Labute approximate surface area is 340 Å². The van der Waals surface area contributed by atoms with Crippen LogP contribution in [0.5, 0.6) is 0 Å². The molecule has 0 saturated heterocycles. The predicted octanol–water partition coefficient (Wildman–Crippen LogP) is 12.1. The van der Waals surface area contributed by atoms with Crippen LogP contribution in [0.1, 0.15) is 208 Å². The van der Waals surface area contributed by atoms with Crippen LogP contribution in [-0.4, -0.2) is 93.1 Å². The Morgan fingerprint density at radius 1 is 0.436 bits per heavy atom. The van der Waals surface area contributed by atoms with Crippen molar-refractivity contribution in [2.45, 2.75) is 215 Å². The molecule has 0 aliphatic heterocycles. The second-order valence-electron chi connectivity index (χ2n) is 15.8. The molecule has 0 rings (SSSR count). The van der Waals surface area contributed by atoms with Crippen molar-refractivity contribution in [3.8, 4) is 0 Å². The van der Waals surface area contributed by atoms with Gasteiger partial charge in [-0.3, -0.25) is 14.5 Å². The summed E-state index contributed by atoms with van der Waals surface area (Å²) in [5, 5.41) is 0. The molecule has 0 aliphatic rings. The Hall–Kier alpha value is -1.87. The first kappa shape index (κ1) is 53.1. The Balaban J connectivity index is 4.57. The van der Waals surface area contributed by atoms with Crippen LogP contribution in [-0.2, 0) is 28.5 Å². The maximum atomic E-state index is 12.8. The molecule has 0 spiro atoms. The molecule has 0 amide bonds. The quantitative estimate of drug-likeness (QED) is 0.0341. The summed E-state index contributed by atoms with van der Waals surface area (Å²) in [6, 6.07) is 0. The third kappa shape index (κ3) is 35.1. The summed E-state index contributed by atoms with van der Waals surface area (Å²) >= 11 is 0. The second-order valence-corrected chi connectivity index (χ2v) is 15.8. The number of esters is 2. The number of hydrogen-bond donors (Lipinski definition) is 0. The first-order valence-electron chi connectivity index (χ1n) is 23.4. The summed E-state index contributed by atoms with van der Waals surface area (Å²) in [4.78, 5) is 42.0. The van der Waals surface area contributed by atoms with Gasteiger partial charge in [-0.25, -0.2) is 4.79 Å². The largest absolute Gasteiger partial charge is 0.508 e. The zero-order chi connectivity index (χ0) is 40.6. The molecule has 326 valence electrons. The highest BCUT2D eigenvalue weighted by Crippen LogP contribution is 2.20. The lowest BCUT2D eigenvalue weighted by Gasteiger charge is -2.26. The summed E-state index contributed by atoms with van der Waals surface area (Å²) < 4.78 is 22.7.